The Morgan fingerprint density at radius 2 is 1.86 bits per heavy atom. The fraction of sp³-hybridized carbons (Fsp3) is 0.278. The summed E-state index contributed by atoms with van der Waals surface area (Å²) in [6.45, 7) is 0. The van der Waals surface area contributed by atoms with Crippen molar-refractivity contribution in [3.05, 3.63) is 51.3 Å². The summed E-state index contributed by atoms with van der Waals surface area (Å²) >= 11 is 0.760. The molecule has 0 saturated heterocycles. The molecule has 0 fully saturated rings. The van der Waals surface area contributed by atoms with Crippen LogP contribution in [-0.4, -0.2) is 23.5 Å². The highest BCUT2D eigenvalue weighted by Crippen LogP contribution is 2.39. The first kappa shape index (κ1) is 19.0. The molecule has 0 aliphatic heterocycles. The molecule has 1 N–H and O–H groups in total. The Balaban J connectivity index is 2.07. The number of carbonyl (C=O) groups is 1. The molecule has 0 saturated carbocycles. The number of aromatic nitrogens is 1. The zero-order valence-corrected chi connectivity index (χ0v) is 15.9. The number of thiophene rings is 1. The van der Waals surface area contributed by atoms with Gasteiger partial charge in [0, 0.05) is 11.1 Å². The van der Waals surface area contributed by atoms with Crippen LogP contribution in [0.3, 0.4) is 0 Å². The zero-order chi connectivity index (χ0) is 20.3. The Morgan fingerprint density at radius 1 is 1.14 bits per heavy atom. The van der Waals surface area contributed by atoms with Crippen molar-refractivity contribution in [3.8, 4) is 0 Å². The Bertz CT molecular complexity index is 1210. The van der Waals surface area contributed by atoms with Crippen LogP contribution in [0.1, 0.15) is 39.3 Å². The van der Waals surface area contributed by atoms with Crippen LogP contribution in [0.25, 0.3) is 10.9 Å². The van der Waals surface area contributed by atoms with E-state index >= 15 is 0 Å². The summed E-state index contributed by atoms with van der Waals surface area (Å²) < 4.78 is 67.3. The van der Waals surface area contributed by atoms with Gasteiger partial charge in [-0.2, -0.15) is 13.2 Å². The SMILES string of the molecule is O=C(O)c1sccc1S(=O)(=O)n1c2c(c3ccc(C(F)(F)F)cc31)CCCC2. The number of halogens is 3. The predicted molar refractivity (Wildman–Crippen MR) is 97.4 cm³/mol. The van der Waals surface area contributed by atoms with E-state index in [0.29, 0.717) is 35.9 Å². The summed E-state index contributed by atoms with van der Waals surface area (Å²) in [7, 11) is -4.38. The van der Waals surface area contributed by atoms with Gasteiger partial charge in [0.1, 0.15) is 9.77 Å². The number of rotatable bonds is 3. The Morgan fingerprint density at radius 3 is 2.54 bits per heavy atom. The van der Waals surface area contributed by atoms with E-state index in [9.17, 15) is 31.5 Å². The molecule has 5 nitrogen and oxygen atoms in total. The number of carboxylic acids is 1. The van der Waals surface area contributed by atoms with Gasteiger partial charge >= 0.3 is 12.1 Å². The molecule has 1 aromatic carbocycles. The number of aryl methyl sites for hydroxylation is 1. The minimum Gasteiger partial charge on any atom is -0.477 e. The van der Waals surface area contributed by atoms with E-state index in [1.165, 1.54) is 17.5 Å². The van der Waals surface area contributed by atoms with Gasteiger partial charge in [-0.1, -0.05) is 6.07 Å². The number of fused-ring (bicyclic) bond motifs is 3. The molecule has 2 heterocycles. The second-order valence-electron chi connectivity index (χ2n) is 6.55. The highest BCUT2D eigenvalue weighted by Gasteiger charge is 2.35. The van der Waals surface area contributed by atoms with Crippen molar-refractivity contribution < 1.29 is 31.5 Å². The van der Waals surface area contributed by atoms with Crippen LogP contribution >= 0.6 is 11.3 Å². The van der Waals surface area contributed by atoms with E-state index in [2.05, 4.69) is 0 Å². The molecular formula is C18H14F3NO4S2. The average Bonchev–Trinajstić information content (AvgIpc) is 3.24. The molecule has 0 spiro atoms. The maximum atomic E-state index is 13.4. The molecule has 2 aromatic heterocycles. The second-order valence-corrected chi connectivity index (χ2v) is 9.22. The largest absolute Gasteiger partial charge is 0.477 e. The molecule has 1 aliphatic rings. The van der Waals surface area contributed by atoms with Crippen molar-refractivity contribution in [1.82, 2.24) is 3.97 Å². The molecule has 1 aliphatic carbocycles. The molecule has 10 heteroatoms. The van der Waals surface area contributed by atoms with Gasteiger partial charge in [0.05, 0.1) is 11.1 Å². The summed E-state index contributed by atoms with van der Waals surface area (Å²) in [6, 6.07) is 4.26. The van der Waals surface area contributed by atoms with Crippen molar-refractivity contribution >= 4 is 38.2 Å². The van der Waals surface area contributed by atoms with Gasteiger partial charge in [0.2, 0.25) is 0 Å². The van der Waals surface area contributed by atoms with Crippen LogP contribution < -0.4 is 0 Å². The fourth-order valence-corrected chi connectivity index (χ4v) is 6.54. The summed E-state index contributed by atoms with van der Waals surface area (Å²) in [5, 5.41) is 11.1. The van der Waals surface area contributed by atoms with Gasteiger partial charge in [0.15, 0.2) is 0 Å². The van der Waals surface area contributed by atoms with Crippen molar-refractivity contribution in [1.29, 1.82) is 0 Å². The van der Waals surface area contributed by atoms with E-state index in [1.807, 2.05) is 0 Å². The van der Waals surface area contributed by atoms with Crippen molar-refractivity contribution in [2.24, 2.45) is 0 Å². The third-order valence-corrected chi connectivity index (χ3v) is 7.72. The summed E-state index contributed by atoms with van der Waals surface area (Å²) in [6.07, 6.45) is -2.14. The Kier molecular flexibility index (Phi) is 4.31. The van der Waals surface area contributed by atoms with Crippen LogP contribution in [0.15, 0.2) is 34.5 Å². The molecule has 0 bridgehead atoms. The van der Waals surface area contributed by atoms with Crippen molar-refractivity contribution in [2.45, 2.75) is 36.8 Å². The van der Waals surface area contributed by atoms with Gasteiger partial charge in [-0.05, 0) is 54.8 Å². The van der Waals surface area contributed by atoms with E-state index in [4.69, 9.17) is 0 Å². The lowest BCUT2D eigenvalue weighted by atomic mass is 9.95. The number of benzene rings is 1. The van der Waals surface area contributed by atoms with E-state index in [0.717, 1.165) is 33.9 Å². The lowest BCUT2D eigenvalue weighted by Gasteiger charge is -2.16. The van der Waals surface area contributed by atoms with Crippen LogP contribution in [0.5, 0.6) is 0 Å². The number of aromatic carboxylic acids is 1. The minimum absolute atomic E-state index is 0.0655. The molecule has 0 atom stereocenters. The van der Waals surface area contributed by atoms with Gasteiger partial charge in [-0.3, -0.25) is 0 Å². The maximum Gasteiger partial charge on any atom is 0.416 e. The summed E-state index contributed by atoms with van der Waals surface area (Å²) in [4.78, 5) is 10.7. The van der Waals surface area contributed by atoms with Crippen LogP contribution in [0.2, 0.25) is 0 Å². The lowest BCUT2D eigenvalue weighted by molar-refractivity contribution is -0.137. The number of nitrogens with zero attached hydrogens (tertiary/aromatic N) is 1. The first-order valence-electron chi connectivity index (χ1n) is 8.42. The lowest BCUT2D eigenvalue weighted by Crippen LogP contribution is -2.19. The van der Waals surface area contributed by atoms with Crippen molar-refractivity contribution in [2.75, 3.05) is 0 Å². The standard InChI is InChI=1S/C18H14F3NO4S2/c19-18(20,21)10-5-6-12-11-3-1-2-4-13(11)22(14(12)9-10)28(25,26)15-7-8-27-16(15)17(23)24/h5-9H,1-4H2,(H,23,24). The quantitative estimate of drug-likeness (QED) is 0.664. The summed E-state index contributed by atoms with van der Waals surface area (Å²) in [5.41, 5.74) is 0.133. The number of hydrogen-bond acceptors (Lipinski definition) is 4. The van der Waals surface area contributed by atoms with Gasteiger partial charge in [-0.15, -0.1) is 11.3 Å². The van der Waals surface area contributed by atoms with Crippen molar-refractivity contribution in [3.63, 3.8) is 0 Å². The van der Waals surface area contributed by atoms with E-state index < -0.39 is 32.6 Å². The van der Waals surface area contributed by atoms with Crippen LogP contribution in [0.4, 0.5) is 13.2 Å². The normalized spacial score (nSPS) is 15.0. The Labute approximate surface area is 162 Å². The monoisotopic (exact) mass is 429 g/mol. The molecule has 0 amide bonds. The minimum atomic E-state index is -4.62. The van der Waals surface area contributed by atoms with Gasteiger partial charge in [-0.25, -0.2) is 17.2 Å². The van der Waals surface area contributed by atoms with E-state index in [1.54, 1.807) is 0 Å². The number of alkyl halides is 3. The van der Waals surface area contributed by atoms with Crippen LogP contribution in [0, 0.1) is 0 Å². The molecule has 28 heavy (non-hydrogen) atoms. The third kappa shape index (κ3) is 2.82. The number of hydrogen-bond donors (Lipinski definition) is 1. The van der Waals surface area contributed by atoms with Gasteiger partial charge in [0.25, 0.3) is 10.0 Å². The molecular weight excluding hydrogens is 415 g/mol. The Hall–Kier alpha value is -2.33. The topological polar surface area (TPSA) is 76.4 Å². The molecule has 0 radical (unpaired) electrons. The molecule has 0 unspecified atom stereocenters. The first-order valence-corrected chi connectivity index (χ1v) is 10.7. The fourth-order valence-electron chi connectivity index (χ4n) is 3.71. The predicted octanol–water partition coefficient (Wildman–Crippen LogP) is 4.54. The zero-order valence-electron chi connectivity index (χ0n) is 14.3. The highest BCUT2D eigenvalue weighted by atomic mass is 32.2. The van der Waals surface area contributed by atoms with Crippen LogP contribution in [-0.2, 0) is 29.0 Å². The highest BCUT2D eigenvalue weighted by molar-refractivity contribution is 7.90. The number of carboxylic acid groups (broad SMARTS) is 1. The molecule has 4 rings (SSSR count). The third-order valence-electron chi connectivity index (χ3n) is 4.89. The summed E-state index contributed by atoms with van der Waals surface area (Å²) in [5.74, 6) is -1.39. The van der Waals surface area contributed by atoms with Gasteiger partial charge < -0.3 is 5.11 Å². The van der Waals surface area contributed by atoms with E-state index in [-0.39, 0.29) is 10.4 Å². The average molecular weight is 429 g/mol. The maximum absolute atomic E-state index is 13.4. The molecule has 148 valence electrons. The second kappa shape index (κ2) is 6.35. The molecule has 3 aromatic rings. The first-order chi connectivity index (χ1) is 13.1. The smallest absolute Gasteiger partial charge is 0.416 e.